The first kappa shape index (κ1) is 12.9. The Morgan fingerprint density at radius 1 is 1.50 bits per heavy atom. The summed E-state index contributed by atoms with van der Waals surface area (Å²) in [6.45, 7) is 2.02. The number of hydrogen-bond donors (Lipinski definition) is 1. The third kappa shape index (κ3) is 3.17. The van der Waals surface area contributed by atoms with Crippen molar-refractivity contribution < 1.29 is 14.6 Å². The van der Waals surface area contributed by atoms with Gasteiger partial charge < -0.3 is 9.84 Å². The number of carboxylic acid groups (broad SMARTS) is 1. The van der Waals surface area contributed by atoms with Crippen molar-refractivity contribution in [1.82, 2.24) is 0 Å². The molecular weight excluding hydrogens is 224 g/mol. The molecule has 0 fully saturated rings. The van der Waals surface area contributed by atoms with Gasteiger partial charge in [-0.25, -0.2) is 0 Å². The van der Waals surface area contributed by atoms with E-state index in [0.29, 0.717) is 6.42 Å². The Labute approximate surface area is 99.8 Å². The lowest BCUT2D eigenvalue weighted by molar-refractivity contribution is -0.136. The number of benzene rings is 1. The summed E-state index contributed by atoms with van der Waals surface area (Å²) in [7, 11) is 1.61. The summed E-state index contributed by atoms with van der Waals surface area (Å²) in [6.07, 6.45) is 2.65. The molecule has 16 heavy (non-hydrogen) atoms. The Morgan fingerprint density at radius 2 is 2.19 bits per heavy atom. The highest BCUT2D eigenvalue weighted by Gasteiger charge is 2.09. The van der Waals surface area contributed by atoms with E-state index in [1.54, 1.807) is 18.9 Å². The molecule has 4 heteroatoms. The van der Waals surface area contributed by atoms with E-state index in [1.807, 2.05) is 25.3 Å². The lowest BCUT2D eigenvalue weighted by Gasteiger charge is -2.11. The molecule has 0 amide bonds. The molecule has 0 atom stereocenters. The van der Waals surface area contributed by atoms with Crippen LogP contribution in [0.25, 0.3) is 0 Å². The van der Waals surface area contributed by atoms with Crippen molar-refractivity contribution >= 4 is 17.7 Å². The first-order valence-electron chi connectivity index (χ1n) is 5.01. The maximum absolute atomic E-state index is 10.5. The zero-order valence-electron chi connectivity index (χ0n) is 9.74. The Balaban J connectivity index is 2.99. The highest BCUT2D eigenvalue weighted by molar-refractivity contribution is 7.98. The van der Waals surface area contributed by atoms with Gasteiger partial charge in [0.15, 0.2) is 0 Å². The van der Waals surface area contributed by atoms with E-state index >= 15 is 0 Å². The van der Waals surface area contributed by atoms with Gasteiger partial charge in [-0.15, -0.1) is 11.8 Å². The molecule has 0 aliphatic heterocycles. The van der Waals surface area contributed by atoms with Gasteiger partial charge in [0.2, 0.25) is 0 Å². The van der Waals surface area contributed by atoms with Crippen molar-refractivity contribution in [3.05, 3.63) is 23.3 Å². The first-order chi connectivity index (χ1) is 7.58. The summed E-state index contributed by atoms with van der Waals surface area (Å²) in [5.41, 5.74) is 2.11. The lowest BCUT2D eigenvalue weighted by Crippen LogP contribution is -2.00. The molecule has 1 aromatic carbocycles. The van der Waals surface area contributed by atoms with Crippen LogP contribution in [0.15, 0.2) is 17.0 Å². The standard InChI is InChI=1S/C12H16O3S/c1-8-6-10(15-2)9(4-5-12(13)14)7-11(8)16-3/h6-7H,4-5H2,1-3H3,(H,13,14). The second-order valence-corrected chi connectivity index (χ2v) is 4.38. The van der Waals surface area contributed by atoms with Gasteiger partial charge in [-0.1, -0.05) is 0 Å². The van der Waals surface area contributed by atoms with E-state index in [-0.39, 0.29) is 6.42 Å². The second-order valence-electron chi connectivity index (χ2n) is 3.53. The number of carbonyl (C=O) groups is 1. The molecule has 0 unspecified atom stereocenters. The number of hydrogen-bond acceptors (Lipinski definition) is 3. The summed E-state index contributed by atoms with van der Waals surface area (Å²) in [4.78, 5) is 11.7. The van der Waals surface area contributed by atoms with E-state index in [4.69, 9.17) is 9.84 Å². The molecule has 88 valence electrons. The van der Waals surface area contributed by atoms with Crippen molar-refractivity contribution in [2.45, 2.75) is 24.7 Å². The molecule has 0 bridgehead atoms. The van der Waals surface area contributed by atoms with Gasteiger partial charge >= 0.3 is 5.97 Å². The van der Waals surface area contributed by atoms with Crippen LogP contribution in [0.2, 0.25) is 0 Å². The molecule has 0 heterocycles. The van der Waals surface area contributed by atoms with Gasteiger partial charge in [0.05, 0.1) is 7.11 Å². The fourth-order valence-electron chi connectivity index (χ4n) is 1.55. The first-order valence-corrected chi connectivity index (χ1v) is 6.24. The van der Waals surface area contributed by atoms with Crippen LogP contribution in [0.5, 0.6) is 5.75 Å². The lowest BCUT2D eigenvalue weighted by atomic mass is 10.1. The third-order valence-electron chi connectivity index (χ3n) is 2.41. The topological polar surface area (TPSA) is 46.5 Å². The van der Waals surface area contributed by atoms with Crippen molar-refractivity contribution in [1.29, 1.82) is 0 Å². The normalized spacial score (nSPS) is 10.2. The fourth-order valence-corrected chi connectivity index (χ4v) is 2.19. The van der Waals surface area contributed by atoms with Gasteiger partial charge in [-0.05, 0) is 42.9 Å². The monoisotopic (exact) mass is 240 g/mol. The Hall–Kier alpha value is -1.16. The van der Waals surface area contributed by atoms with Gasteiger partial charge in [0, 0.05) is 11.3 Å². The van der Waals surface area contributed by atoms with Crippen molar-refractivity contribution in [2.24, 2.45) is 0 Å². The minimum Gasteiger partial charge on any atom is -0.496 e. The Morgan fingerprint density at radius 3 is 2.69 bits per heavy atom. The average Bonchev–Trinajstić information content (AvgIpc) is 2.26. The number of methoxy groups -OCH3 is 1. The SMILES string of the molecule is COc1cc(C)c(SC)cc1CCC(=O)O. The number of carboxylic acids is 1. The molecule has 1 rings (SSSR count). The predicted octanol–water partition coefficient (Wildman–Crippen LogP) is 2.74. The van der Waals surface area contributed by atoms with Crippen molar-refractivity contribution in [3.8, 4) is 5.75 Å². The molecule has 3 nitrogen and oxygen atoms in total. The molecule has 1 N–H and O–H groups in total. The molecule has 1 aromatic rings. The second kappa shape index (κ2) is 5.80. The smallest absolute Gasteiger partial charge is 0.303 e. The van der Waals surface area contributed by atoms with E-state index in [2.05, 4.69) is 0 Å². The molecular formula is C12H16O3S. The van der Waals surface area contributed by atoms with E-state index in [0.717, 1.165) is 16.9 Å². The zero-order chi connectivity index (χ0) is 12.1. The van der Waals surface area contributed by atoms with E-state index in [1.165, 1.54) is 4.90 Å². The van der Waals surface area contributed by atoms with Crippen LogP contribution < -0.4 is 4.74 Å². The Kier molecular flexibility index (Phi) is 4.68. The summed E-state index contributed by atoms with van der Waals surface area (Å²) in [5, 5.41) is 8.67. The molecule has 0 spiro atoms. The van der Waals surface area contributed by atoms with Crippen LogP contribution in [0.3, 0.4) is 0 Å². The molecule has 0 saturated heterocycles. The van der Waals surface area contributed by atoms with Crippen molar-refractivity contribution in [2.75, 3.05) is 13.4 Å². The molecule has 0 radical (unpaired) electrons. The molecule has 0 aromatic heterocycles. The Bertz CT molecular complexity index is 388. The summed E-state index contributed by atoms with van der Waals surface area (Å²) < 4.78 is 5.26. The van der Waals surface area contributed by atoms with Crippen LogP contribution in [-0.4, -0.2) is 24.4 Å². The predicted molar refractivity (Wildman–Crippen MR) is 65.5 cm³/mol. The summed E-state index contributed by atoms with van der Waals surface area (Å²) in [6, 6.07) is 3.98. The largest absolute Gasteiger partial charge is 0.496 e. The zero-order valence-corrected chi connectivity index (χ0v) is 10.6. The van der Waals surface area contributed by atoms with Gasteiger partial charge in [-0.2, -0.15) is 0 Å². The highest BCUT2D eigenvalue weighted by Crippen LogP contribution is 2.29. The van der Waals surface area contributed by atoms with Crippen LogP contribution in [0.4, 0.5) is 0 Å². The minimum absolute atomic E-state index is 0.132. The van der Waals surface area contributed by atoms with Gasteiger partial charge in [0.25, 0.3) is 0 Å². The fraction of sp³-hybridized carbons (Fsp3) is 0.417. The van der Waals surface area contributed by atoms with Crippen LogP contribution in [0.1, 0.15) is 17.5 Å². The number of aryl methyl sites for hydroxylation is 2. The highest BCUT2D eigenvalue weighted by atomic mass is 32.2. The minimum atomic E-state index is -0.784. The molecule has 0 aliphatic rings. The third-order valence-corrected chi connectivity index (χ3v) is 3.29. The molecule has 0 aliphatic carbocycles. The summed E-state index contributed by atoms with van der Waals surface area (Å²) >= 11 is 1.66. The van der Waals surface area contributed by atoms with E-state index < -0.39 is 5.97 Å². The van der Waals surface area contributed by atoms with Gasteiger partial charge in [0.1, 0.15) is 5.75 Å². The van der Waals surface area contributed by atoms with E-state index in [9.17, 15) is 4.79 Å². The summed E-state index contributed by atoms with van der Waals surface area (Å²) in [5.74, 6) is -0.00937. The van der Waals surface area contributed by atoms with Crippen LogP contribution in [0, 0.1) is 6.92 Å². The number of aliphatic carboxylic acids is 1. The van der Waals surface area contributed by atoms with Gasteiger partial charge in [-0.3, -0.25) is 4.79 Å². The maximum Gasteiger partial charge on any atom is 0.303 e. The number of rotatable bonds is 5. The number of ether oxygens (including phenoxy) is 1. The van der Waals surface area contributed by atoms with Crippen molar-refractivity contribution in [3.63, 3.8) is 0 Å². The number of thioether (sulfide) groups is 1. The quantitative estimate of drug-likeness (QED) is 0.804. The molecule has 0 saturated carbocycles. The average molecular weight is 240 g/mol. The van der Waals surface area contributed by atoms with Crippen LogP contribution in [-0.2, 0) is 11.2 Å². The van der Waals surface area contributed by atoms with Crippen LogP contribution >= 0.6 is 11.8 Å². The maximum atomic E-state index is 10.5.